The van der Waals surface area contributed by atoms with Crippen LogP contribution in [-0.2, 0) is 22.6 Å². The predicted octanol–water partition coefficient (Wildman–Crippen LogP) is 1.87. The number of nitrogens with zero attached hydrogens (tertiary/aromatic N) is 2. The molecule has 1 heterocycles. The van der Waals surface area contributed by atoms with Crippen molar-refractivity contribution in [1.29, 1.82) is 0 Å². The van der Waals surface area contributed by atoms with Crippen LogP contribution in [0.15, 0.2) is 0 Å². The van der Waals surface area contributed by atoms with E-state index in [1.54, 1.807) is 18.4 Å². The summed E-state index contributed by atoms with van der Waals surface area (Å²) in [6.07, 6.45) is 2.69. The van der Waals surface area contributed by atoms with Gasteiger partial charge in [0.1, 0.15) is 0 Å². The van der Waals surface area contributed by atoms with E-state index in [-0.39, 0.29) is 0 Å². The number of likely N-dealkylation sites (N-methyl/N-ethyl adjacent to an activating group) is 1. The minimum absolute atomic E-state index is 0.569. The van der Waals surface area contributed by atoms with Gasteiger partial charge in [0, 0.05) is 38.7 Å². The maximum absolute atomic E-state index is 5.68. The molecule has 114 valence electrons. The van der Waals surface area contributed by atoms with E-state index < -0.39 is 0 Å². The van der Waals surface area contributed by atoms with Crippen LogP contribution in [0.1, 0.15) is 23.4 Å². The molecule has 2 rings (SSSR count). The number of thiazole rings is 1. The summed E-state index contributed by atoms with van der Waals surface area (Å²) in [4.78, 5) is 8.08. The Morgan fingerprint density at radius 3 is 2.90 bits per heavy atom. The third-order valence-corrected chi connectivity index (χ3v) is 4.55. The summed E-state index contributed by atoms with van der Waals surface area (Å²) >= 11 is 1.73. The zero-order chi connectivity index (χ0) is 14.4. The molecular formula is C14H25N3O2S. The van der Waals surface area contributed by atoms with Gasteiger partial charge in [0.2, 0.25) is 0 Å². The van der Waals surface area contributed by atoms with Gasteiger partial charge in [-0.2, -0.15) is 0 Å². The van der Waals surface area contributed by atoms with Crippen molar-refractivity contribution in [2.75, 3.05) is 45.9 Å². The highest BCUT2D eigenvalue weighted by Crippen LogP contribution is 2.29. The SMILES string of the molecule is CNCc1sc(N(C)CCOCC2CC2)nc1COC. The van der Waals surface area contributed by atoms with E-state index in [2.05, 4.69) is 22.2 Å². The first kappa shape index (κ1) is 15.7. The van der Waals surface area contributed by atoms with E-state index in [4.69, 9.17) is 9.47 Å². The second-order valence-corrected chi connectivity index (χ2v) is 6.33. The van der Waals surface area contributed by atoms with Gasteiger partial charge in [-0.15, -0.1) is 11.3 Å². The fourth-order valence-corrected chi connectivity index (χ4v) is 2.98. The number of hydrogen-bond acceptors (Lipinski definition) is 6. The number of aromatic nitrogens is 1. The highest BCUT2D eigenvalue weighted by molar-refractivity contribution is 7.15. The molecule has 6 heteroatoms. The van der Waals surface area contributed by atoms with E-state index in [1.807, 2.05) is 7.05 Å². The first-order valence-electron chi connectivity index (χ1n) is 7.15. The number of nitrogens with one attached hydrogen (secondary N) is 1. The Bertz CT molecular complexity index is 384. The van der Waals surface area contributed by atoms with Crippen LogP contribution in [0.5, 0.6) is 0 Å². The quantitative estimate of drug-likeness (QED) is 0.668. The van der Waals surface area contributed by atoms with Crippen LogP contribution < -0.4 is 10.2 Å². The molecule has 0 bridgehead atoms. The number of rotatable bonds is 10. The van der Waals surface area contributed by atoms with Crippen molar-refractivity contribution < 1.29 is 9.47 Å². The van der Waals surface area contributed by atoms with Crippen LogP contribution in [0, 0.1) is 5.92 Å². The monoisotopic (exact) mass is 299 g/mol. The van der Waals surface area contributed by atoms with Crippen molar-refractivity contribution in [2.45, 2.75) is 26.0 Å². The van der Waals surface area contributed by atoms with Crippen molar-refractivity contribution in [3.8, 4) is 0 Å². The predicted molar refractivity (Wildman–Crippen MR) is 82.4 cm³/mol. The largest absolute Gasteiger partial charge is 0.379 e. The standard InChI is InChI=1S/C14H25N3O2S/c1-15-8-13-12(10-18-3)16-14(20-13)17(2)6-7-19-9-11-4-5-11/h11,15H,4-10H2,1-3H3. The van der Waals surface area contributed by atoms with Crippen LogP contribution in [0.25, 0.3) is 0 Å². The molecule has 1 fully saturated rings. The molecule has 1 aromatic heterocycles. The van der Waals surface area contributed by atoms with Crippen molar-refractivity contribution in [3.05, 3.63) is 10.6 Å². The van der Waals surface area contributed by atoms with Crippen molar-refractivity contribution in [1.82, 2.24) is 10.3 Å². The zero-order valence-corrected chi connectivity index (χ0v) is 13.5. The molecule has 1 aliphatic rings. The molecule has 1 N–H and O–H groups in total. The van der Waals surface area contributed by atoms with Crippen LogP contribution in [-0.4, -0.2) is 45.9 Å². The Morgan fingerprint density at radius 1 is 1.45 bits per heavy atom. The Morgan fingerprint density at radius 2 is 2.25 bits per heavy atom. The van der Waals surface area contributed by atoms with Crippen LogP contribution in [0.3, 0.4) is 0 Å². The molecule has 1 aromatic rings. The van der Waals surface area contributed by atoms with E-state index in [1.165, 1.54) is 17.7 Å². The lowest BCUT2D eigenvalue weighted by Crippen LogP contribution is -2.22. The number of methoxy groups -OCH3 is 1. The second kappa shape index (κ2) is 7.93. The van der Waals surface area contributed by atoms with Gasteiger partial charge in [-0.1, -0.05) is 0 Å². The molecule has 0 aliphatic heterocycles. The molecule has 0 amide bonds. The van der Waals surface area contributed by atoms with Gasteiger partial charge < -0.3 is 19.7 Å². The molecular weight excluding hydrogens is 274 g/mol. The van der Waals surface area contributed by atoms with E-state index in [0.717, 1.165) is 43.0 Å². The van der Waals surface area contributed by atoms with Gasteiger partial charge in [0.15, 0.2) is 5.13 Å². The summed E-state index contributed by atoms with van der Waals surface area (Å²) in [6.45, 7) is 3.98. The molecule has 0 atom stereocenters. The van der Waals surface area contributed by atoms with E-state index >= 15 is 0 Å². The van der Waals surface area contributed by atoms with Crippen LogP contribution in [0.2, 0.25) is 0 Å². The van der Waals surface area contributed by atoms with Crippen LogP contribution in [0.4, 0.5) is 5.13 Å². The molecule has 0 aromatic carbocycles. The lowest BCUT2D eigenvalue weighted by Gasteiger charge is -2.15. The fourth-order valence-electron chi connectivity index (χ4n) is 1.91. The second-order valence-electron chi connectivity index (χ2n) is 5.27. The first-order chi connectivity index (χ1) is 9.74. The number of anilines is 1. The van der Waals surface area contributed by atoms with Crippen molar-refractivity contribution in [2.24, 2.45) is 5.92 Å². The topological polar surface area (TPSA) is 46.6 Å². The third kappa shape index (κ3) is 4.70. The maximum atomic E-state index is 5.68. The van der Waals surface area contributed by atoms with Crippen LogP contribution >= 0.6 is 11.3 Å². The summed E-state index contributed by atoms with van der Waals surface area (Å²) in [5, 5.41) is 4.22. The first-order valence-corrected chi connectivity index (χ1v) is 7.97. The lowest BCUT2D eigenvalue weighted by atomic mass is 10.4. The Balaban J connectivity index is 1.83. The maximum Gasteiger partial charge on any atom is 0.185 e. The van der Waals surface area contributed by atoms with Gasteiger partial charge in [-0.25, -0.2) is 4.98 Å². The molecule has 0 unspecified atom stereocenters. The summed E-state index contributed by atoms with van der Waals surface area (Å²) in [5.74, 6) is 0.829. The number of ether oxygens (including phenoxy) is 2. The van der Waals surface area contributed by atoms with Gasteiger partial charge in [0.05, 0.1) is 18.9 Å². The molecule has 0 spiro atoms. The van der Waals surface area contributed by atoms with Gasteiger partial charge in [0.25, 0.3) is 0 Å². The van der Waals surface area contributed by atoms with E-state index in [0.29, 0.717) is 6.61 Å². The fraction of sp³-hybridized carbons (Fsp3) is 0.786. The average molecular weight is 299 g/mol. The molecule has 1 aliphatic carbocycles. The van der Waals surface area contributed by atoms with Crippen molar-refractivity contribution >= 4 is 16.5 Å². The lowest BCUT2D eigenvalue weighted by molar-refractivity contribution is 0.131. The summed E-state index contributed by atoms with van der Waals surface area (Å²) in [5.41, 5.74) is 1.03. The van der Waals surface area contributed by atoms with Gasteiger partial charge in [-0.3, -0.25) is 0 Å². The smallest absolute Gasteiger partial charge is 0.185 e. The molecule has 0 radical (unpaired) electrons. The minimum Gasteiger partial charge on any atom is -0.379 e. The highest BCUT2D eigenvalue weighted by atomic mass is 32.1. The van der Waals surface area contributed by atoms with E-state index in [9.17, 15) is 0 Å². The van der Waals surface area contributed by atoms with Crippen molar-refractivity contribution in [3.63, 3.8) is 0 Å². The Kier molecular flexibility index (Phi) is 6.22. The molecule has 1 saturated carbocycles. The number of hydrogen-bond donors (Lipinski definition) is 1. The molecule has 20 heavy (non-hydrogen) atoms. The minimum atomic E-state index is 0.569. The van der Waals surface area contributed by atoms with Gasteiger partial charge >= 0.3 is 0 Å². The Hall–Kier alpha value is -0.690. The molecule has 0 saturated heterocycles. The molecule has 5 nitrogen and oxygen atoms in total. The highest BCUT2D eigenvalue weighted by Gasteiger charge is 2.21. The zero-order valence-electron chi connectivity index (χ0n) is 12.6. The summed E-state index contributed by atoms with van der Waals surface area (Å²) < 4.78 is 10.9. The Labute approximate surface area is 125 Å². The summed E-state index contributed by atoms with van der Waals surface area (Å²) in [7, 11) is 5.72. The van der Waals surface area contributed by atoms with Gasteiger partial charge in [-0.05, 0) is 25.8 Å². The normalized spacial score (nSPS) is 14.8. The third-order valence-electron chi connectivity index (χ3n) is 3.33. The average Bonchev–Trinajstić information content (AvgIpc) is 3.18. The summed E-state index contributed by atoms with van der Waals surface area (Å²) in [6, 6.07) is 0.